The maximum atomic E-state index is 11.6. The van der Waals surface area contributed by atoms with E-state index in [-0.39, 0.29) is 17.4 Å². The minimum atomic E-state index is -0.303. The van der Waals surface area contributed by atoms with Crippen LogP contribution in [0.2, 0.25) is 0 Å². The summed E-state index contributed by atoms with van der Waals surface area (Å²) in [6.45, 7) is 6.32. The van der Waals surface area contributed by atoms with Crippen LogP contribution in [-0.4, -0.2) is 18.5 Å². The molecule has 1 aliphatic carbocycles. The number of carbonyl (C=O) groups is 1. The number of carbonyl (C=O) groups excluding carboxylic acids is 1. The zero-order valence-electron chi connectivity index (χ0n) is 8.76. The SMILES string of the molecule is CC(C)(C)C(=O)NC(CN)C1CC1. The molecule has 0 saturated heterocycles. The minimum absolute atomic E-state index is 0.106. The lowest BCUT2D eigenvalue weighted by Crippen LogP contribution is -2.46. The number of amides is 1. The maximum Gasteiger partial charge on any atom is 0.225 e. The highest BCUT2D eigenvalue weighted by Gasteiger charge is 2.33. The normalized spacial score (nSPS) is 19.7. The number of hydrogen-bond donors (Lipinski definition) is 2. The van der Waals surface area contributed by atoms with Crippen molar-refractivity contribution in [1.29, 1.82) is 0 Å². The van der Waals surface area contributed by atoms with E-state index in [1.807, 2.05) is 20.8 Å². The van der Waals surface area contributed by atoms with Gasteiger partial charge in [-0.25, -0.2) is 0 Å². The van der Waals surface area contributed by atoms with Gasteiger partial charge in [0.25, 0.3) is 0 Å². The molecule has 1 amide bonds. The largest absolute Gasteiger partial charge is 0.351 e. The molecule has 0 spiro atoms. The molecule has 3 nitrogen and oxygen atoms in total. The molecule has 1 unspecified atom stereocenters. The lowest BCUT2D eigenvalue weighted by Gasteiger charge is -2.23. The summed E-state index contributed by atoms with van der Waals surface area (Å²) in [6, 6.07) is 0.201. The van der Waals surface area contributed by atoms with E-state index in [9.17, 15) is 4.79 Å². The van der Waals surface area contributed by atoms with Crippen molar-refractivity contribution in [2.45, 2.75) is 39.7 Å². The van der Waals surface area contributed by atoms with Crippen molar-refractivity contribution < 1.29 is 4.79 Å². The van der Waals surface area contributed by atoms with Crippen molar-refractivity contribution in [3.8, 4) is 0 Å². The highest BCUT2D eigenvalue weighted by molar-refractivity contribution is 5.81. The molecule has 0 heterocycles. The Labute approximate surface area is 80.1 Å². The molecule has 1 atom stereocenters. The Balaban J connectivity index is 2.41. The van der Waals surface area contributed by atoms with Gasteiger partial charge in [-0.1, -0.05) is 20.8 Å². The molecule has 0 aromatic heterocycles. The van der Waals surface area contributed by atoms with Gasteiger partial charge in [0, 0.05) is 18.0 Å². The van der Waals surface area contributed by atoms with E-state index >= 15 is 0 Å². The average molecular weight is 184 g/mol. The van der Waals surface area contributed by atoms with Gasteiger partial charge in [0.1, 0.15) is 0 Å². The standard InChI is InChI=1S/C10H20N2O/c1-10(2,3)9(13)12-8(6-11)7-4-5-7/h7-8H,4-6,11H2,1-3H3,(H,12,13). The molecule has 0 radical (unpaired) electrons. The number of nitrogens with two attached hydrogens (primary N) is 1. The van der Waals surface area contributed by atoms with Crippen LogP contribution in [0.25, 0.3) is 0 Å². The van der Waals surface area contributed by atoms with E-state index in [4.69, 9.17) is 5.73 Å². The van der Waals surface area contributed by atoms with Gasteiger partial charge in [0.2, 0.25) is 5.91 Å². The van der Waals surface area contributed by atoms with E-state index in [2.05, 4.69) is 5.32 Å². The highest BCUT2D eigenvalue weighted by Crippen LogP contribution is 2.32. The van der Waals surface area contributed by atoms with Crippen molar-refractivity contribution >= 4 is 5.91 Å². The van der Waals surface area contributed by atoms with Crippen molar-refractivity contribution in [3.05, 3.63) is 0 Å². The van der Waals surface area contributed by atoms with Crippen LogP contribution in [0.3, 0.4) is 0 Å². The molecule has 0 aromatic carbocycles. The van der Waals surface area contributed by atoms with Gasteiger partial charge < -0.3 is 11.1 Å². The van der Waals surface area contributed by atoms with E-state index < -0.39 is 0 Å². The van der Waals surface area contributed by atoms with E-state index in [1.54, 1.807) is 0 Å². The molecule has 76 valence electrons. The van der Waals surface area contributed by atoms with Gasteiger partial charge in [-0.2, -0.15) is 0 Å². The van der Waals surface area contributed by atoms with Gasteiger partial charge in [-0.15, -0.1) is 0 Å². The van der Waals surface area contributed by atoms with Crippen LogP contribution in [0.5, 0.6) is 0 Å². The molecule has 1 rings (SSSR count). The van der Waals surface area contributed by atoms with Crippen molar-refractivity contribution in [2.75, 3.05) is 6.54 Å². The summed E-state index contributed by atoms with van der Waals surface area (Å²) in [7, 11) is 0. The zero-order chi connectivity index (χ0) is 10.1. The first kappa shape index (κ1) is 10.5. The first-order chi connectivity index (χ1) is 5.95. The van der Waals surface area contributed by atoms with Crippen LogP contribution in [0.1, 0.15) is 33.6 Å². The predicted molar refractivity (Wildman–Crippen MR) is 53.2 cm³/mol. The van der Waals surface area contributed by atoms with E-state index in [1.165, 1.54) is 12.8 Å². The summed E-state index contributed by atoms with van der Waals surface area (Å²) >= 11 is 0. The van der Waals surface area contributed by atoms with E-state index in [0.717, 1.165) is 0 Å². The maximum absolute atomic E-state index is 11.6. The third-order valence-electron chi connectivity index (χ3n) is 2.44. The summed E-state index contributed by atoms with van der Waals surface area (Å²) < 4.78 is 0. The summed E-state index contributed by atoms with van der Waals surface area (Å²) in [5, 5.41) is 3.00. The molecular formula is C10H20N2O. The van der Waals surface area contributed by atoms with Crippen molar-refractivity contribution in [3.63, 3.8) is 0 Å². The number of nitrogens with one attached hydrogen (secondary N) is 1. The fourth-order valence-corrected chi connectivity index (χ4v) is 1.25. The topological polar surface area (TPSA) is 55.1 Å². The van der Waals surface area contributed by atoms with Crippen LogP contribution in [0.4, 0.5) is 0 Å². The molecular weight excluding hydrogens is 164 g/mol. The Morgan fingerprint density at radius 3 is 2.38 bits per heavy atom. The number of rotatable bonds is 3. The quantitative estimate of drug-likeness (QED) is 0.684. The Hall–Kier alpha value is -0.570. The lowest BCUT2D eigenvalue weighted by atomic mass is 9.95. The van der Waals surface area contributed by atoms with Crippen molar-refractivity contribution in [1.82, 2.24) is 5.32 Å². The second-order valence-electron chi connectivity index (χ2n) is 4.90. The Morgan fingerprint density at radius 1 is 1.54 bits per heavy atom. The first-order valence-corrected chi connectivity index (χ1v) is 4.96. The zero-order valence-corrected chi connectivity index (χ0v) is 8.76. The molecule has 13 heavy (non-hydrogen) atoms. The Morgan fingerprint density at radius 2 is 2.08 bits per heavy atom. The van der Waals surface area contributed by atoms with Gasteiger partial charge in [-0.05, 0) is 18.8 Å². The van der Waals surface area contributed by atoms with Crippen LogP contribution < -0.4 is 11.1 Å². The smallest absolute Gasteiger partial charge is 0.225 e. The molecule has 0 aliphatic heterocycles. The van der Waals surface area contributed by atoms with Crippen LogP contribution in [0.15, 0.2) is 0 Å². The predicted octanol–water partition coefficient (Wildman–Crippen LogP) is 0.886. The van der Waals surface area contributed by atoms with Gasteiger partial charge in [0.05, 0.1) is 0 Å². The monoisotopic (exact) mass is 184 g/mol. The second kappa shape index (κ2) is 3.66. The fraction of sp³-hybridized carbons (Fsp3) is 0.900. The highest BCUT2D eigenvalue weighted by atomic mass is 16.2. The Bertz CT molecular complexity index is 192. The molecule has 0 aromatic rings. The van der Waals surface area contributed by atoms with E-state index in [0.29, 0.717) is 12.5 Å². The summed E-state index contributed by atoms with van der Waals surface area (Å²) in [4.78, 5) is 11.6. The molecule has 1 aliphatic rings. The summed E-state index contributed by atoms with van der Waals surface area (Å²) in [5.74, 6) is 0.742. The summed E-state index contributed by atoms with van der Waals surface area (Å²) in [5.41, 5.74) is 5.29. The van der Waals surface area contributed by atoms with Gasteiger partial charge in [-0.3, -0.25) is 4.79 Å². The minimum Gasteiger partial charge on any atom is -0.351 e. The first-order valence-electron chi connectivity index (χ1n) is 4.96. The average Bonchev–Trinajstić information content (AvgIpc) is 2.80. The molecule has 1 saturated carbocycles. The molecule has 3 N–H and O–H groups in total. The number of hydrogen-bond acceptors (Lipinski definition) is 2. The van der Waals surface area contributed by atoms with Crippen LogP contribution in [-0.2, 0) is 4.79 Å². The second-order valence-corrected chi connectivity index (χ2v) is 4.90. The molecule has 0 bridgehead atoms. The Kier molecular flexibility index (Phi) is 2.96. The third-order valence-corrected chi connectivity index (χ3v) is 2.44. The molecule has 3 heteroatoms. The summed E-state index contributed by atoms with van der Waals surface area (Å²) in [6.07, 6.45) is 2.43. The van der Waals surface area contributed by atoms with Gasteiger partial charge in [0.15, 0.2) is 0 Å². The molecule has 1 fully saturated rings. The fourth-order valence-electron chi connectivity index (χ4n) is 1.25. The lowest BCUT2D eigenvalue weighted by molar-refractivity contribution is -0.129. The van der Waals surface area contributed by atoms with Crippen LogP contribution >= 0.6 is 0 Å². The van der Waals surface area contributed by atoms with Crippen LogP contribution in [0, 0.1) is 11.3 Å². The third kappa shape index (κ3) is 2.99. The van der Waals surface area contributed by atoms with Crippen molar-refractivity contribution in [2.24, 2.45) is 17.1 Å². The van der Waals surface area contributed by atoms with Gasteiger partial charge >= 0.3 is 0 Å².